The average Bonchev–Trinajstić information content (AvgIpc) is 3.07. The van der Waals surface area contributed by atoms with Gasteiger partial charge in [0.1, 0.15) is 6.34 Å². The maximum absolute atomic E-state index is 14.1. The number of non-ortho nitro benzene ring substituents is 1. The number of ether oxygens (including phenoxy) is 1. The quantitative estimate of drug-likeness (QED) is 0.646. The Morgan fingerprint density at radius 3 is 2.89 bits per heavy atom. The zero-order valence-corrected chi connectivity index (χ0v) is 14.4. The minimum atomic E-state index is -0.863. The van der Waals surface area contributed by atoms with Gasteiger partial charge in [0.05, 0.1) is 11.0 Å². The van der Waals surface area contributed by atoms with Crippen molar-refractivity contribution in [3.8, 4) is 5.75 Å². The van der Waals surface area contributed by atoms with Gasteiger partial charge in [-0.2, -0.15) is 5.10 Å². The van der Waals surface area contributed by atoms with E-state index in [9.17, 15) is 14.5 Å². The van der Waals surface area contributed by atoms with Crippen LogP contribution in [-0.2, 0) is 0 Å². The molecule has 10 nitrogen and oxygen atoms in total. The van der Waals surface area contributed by atoms with Gasteiger partial charge in [0.15, 0.2) is 17.5 Å². The summed E-state index contributed by atoms with van der Waals surface area (Å²) >= 11 is 0. The Labute approximate surface area is 152 Å². The van der Waals surface area contributed by atoms with Crippen LogP contribution in [0.3, 0.4) is 0 Å². The summed E-state index contributed by atoms with van der Waals surface area (Å²) in [5.41, 5.74) is 3.01. The third kappa shape index (κ3) is 4.32. The second kappa shape index (κ2) is 7.72. The van der Waals surface area contributed by atoms with E-state index in [1.54, 1.807) is 13.1 Å². The lowest BCUT2D eigenvalue weighted by Crippen LogP contribution is -2.15. The standard InChI is InChI=1S/C16H15FN6O4/c1-9-5-15(27-14-4-3-11(23(24)25)6-13(14)17)18-8-20-19-7-12(9)16-22-21-10(2)26-16/h3-4,6-9,19H,5H2,1-2H3/b12-7+,18-15?,20-8-. The molecule has 0 spiro atoms. The van der Waals surface area contributed by atoms with E-state index in [-0.39, 0.29) is 29.7 Å². The van der Waals surface area contributed by atoms with Crippen LogP contribution < -0.4 is 10.2 Å². The first-order valence-corrected chi connectivity index (χ1v) is 7.90. The van der Waals surface area contributed by atoms with Crippen LogP contribution in [0.5, 0.6) is 5.75 Å². The van der Waals surface area contributed by atoms with Crippen LogP contribution in [0.4, 0.5) is 10.1 Å². The Kier molecular flexibility index (Phi) is 5.20. The summed E-state index contributed by atoms with van der Waals surface area (Å²) < 4.78 is 25.1. The van der Waals surface area contributed by atoms with Crippen LogP contribution in [0, 0.1) is 28.8 Å². The Morgan fingerprint density at radius 2 is 2.22 bits per heavy atom. The number of hydrogen-bond acceptors (Lipinski definition) is 9. The molecule has 1 aliphatic rings. The molecule has 0 saturated heterocycles. The number of aliphatic imine (C=N–C) groups is 1. The number of aromatic nitrogens is 2. The topological polar surface area (TPSA) is 128 Å². The van der Waals surface area contributed by atoms with Gasteiger partial charge in [-0.05, 0) is 12.0 Å². The van der Waals surface area contributed by atoms with Crippen LogP contribution in [0.2, 0.25) is 0 Å². The minimum absolute atomic E-state index is 0.171. The van der Waals surface area contributed by atoms with Crippen LogP contribution in [-0.4, -0.2) is 27.4 Å². The van der Waals surface area contributed by atoms with Crippen molar-refractivity contribution >= 4 is 23.5 Å². The first-order chi connectivity index (χ1) is 12.9. The maximum Gasteiger partial charge on any atom is 0.272 e. The molecule has 1 aromatic carbocycles. The fourth-order valence-electron chi connectivity index (χ4n) is 2.37. The van der Waals surface area contributed by atoms with Gasteiger partial charge in [0.2, 0.25) is 11.8 Å². The summed E-state index contributed by atoms with van der Waals surface area (Å²) in [5.74, 6) is -0.308. The Balaban J connectivity index is 1.82. The maximum atomic E-state index is 14.1. The largest absolute Gasteiger partial charge is 0.440 e. The van der Waals surface area contributed by atoms with Crippen molar-refractivity contribution in [1.82, 2.24) is 15.6 Å². The Bertz CT molecular complexity index is 952. The summed E-state index contributed by atoms with van der Waals surface area (Å²) in [6.07, 6.45) is 3.10. The van der Waals surface area contributed by atoms with E-state index in [0.29, 0.717) is 17.4 Å². The van der Waals surface area contributed by atoms with Crippen molar-refractivity contribution in [3.05, 3.63) is 52.1 Å². The van der Waals surface area contributed by atoms with E-state index in [1.807, 2.05) is 6.92 Å². The normalized spacial score (nSPS) is 20.2. The number of hydrogen-bond donors (Lipinski definition) is 1. The molecule has 0 aliphatic carbocycles. The molecule has 1 N–H and O–H groups in total. The van der Waals surface area contributed by atoms with Gasteiger partial charge in [0.25, 0.3) is 5.69 Å². The van der Waals surface area contributed by atoms with Crippen molar-refractivity contribution in [2.45, 2.75) is 20.3 Å². The summed E-state index contributed by atoms with van der Waals surface area (Å²) in [6.45, 7) is 3.55. The molecule has 1 atom stereocenters. The second-order valence-corrected chi connectivity index (χ2v) is 5.70. The highest BCUT2D eigenvalue weighted by molar-refractivity contribution is 5.87. The Morgan fingerprint density at radius 1 is 1.41 bits per heavy atom. The number of allylic oxidation sites excluding steroid dienone is 1. The van der Waals surface area contributed by atoms with Gasteiger partial charge in [0, 0.05) is 31.2 Å². The van der Waals surface area contributed by atoms with Gasteiger partial charge < -0.3 is 9.15 Å². The Hall–Kier alpha value is -3.63. The summed E-state index contributed by atoms with van der Waals surface area (Å²) in [6, 6.07) is 3.12. The number of rotatable bonds is 3. The van der Waals surface area contributed by atoms with Crippen LogP contribution in [0.1, 0.15) is 25.1 Å². The first kappa shape index (κ1) is 18.2. The van der Waals surface area contributed by atoms with Gasteiger partial charge >= 0.3 is 0 Å². The molecule has 1 aromatic heterocycles. The molecule has 2 heterocycles. The van der Waals surface area contributed by atoms with E-state index in [4.69, 9.17) is 9.15 Å². The summed E-state index contributed by atoms with van der Waals surface area (Å²) in [7, 11) is 0. The molecule has 140 valence electrons. The third-order valence-corrected chi connectivity index (χ3v) is 3.69. The highest BCUT2D eigenvalue weighted by Crippen LogP contribution is 2.27. The third-order valence-electron chi connectivity index (χ3n) is 3.69. The van der Waals surface area contributed by atoms with Crippen LogP contribution >= 0.6 is 0 Å². The minimum Gasteiger partial charge on any atom is -0.440 e. The molecular weight excluding hydrogens is 359 g/mol. The second-order valence-electron chi connectivity index (χ2n) is 5.70. The van der Waals surface area contributed by atoms with E-state index in [2.05, 4.69) is 25.7 Å². The summed E-state index contributed by atoms with van der Waals surface area (Å²) in [4.78, 5) is 14.1. The molecule has 1 unspecified atom stereocenters. The molecule has 1 aliphatic heterocycles. The number of hydrazone groups is 1. The molecule has 0 amide bonds. The smallest absolute Gasteiger partial charge is 0.272 e. The molecule has 11 heteroatoms. The van der Waals surface area contributed by atoms with Crippen molar-refractivity contribution in [2.24, 2.45) is 16.0 Å². The average molecular weight is 374 g/mol. The fraction of sp³-hybridized carbons (Fsp3) is 0.250. The number of nitrogens with zero attached hydrogens (tertiary/aromatic N) is 5. The molecule has 2 aromatic rings. The number of aryl methyl sites for hydroxylation is 1. The van der Waals surface area contributed by atoms with Gasteiger partial charge in [-0.3, -0.25) is 15.5 Å². The lowest BCUT2D eigenvalue weighted by molar-refractivity contribution is -0.385. The van der Waals surface area contributed by atoms with Gasteiger partial charge in [-0.15, -0.1) is 10.2 Å². The van der Waals surface area contributed by atoms with Crippen molar-refractivity contribution < 1.29 is 18.5 Å². The molecule has 0 saturated carbocycles. The van der Waals surface area contributed by atoms with Crippen molar-refractivity contribution in [2.75, 3.05) is 0 Å². The summed E-state index contributed by atoms with van der Waals surface area (Å²) in [5, 5.41) is 22.4. The fourth-order valence-corrected chi connectivity index (χ4v) is 2.37. The van der Waals surface area contributed by atoms with Crippen LogP contribution in [0.15, 0.2) is 38.9 Å². The molecule has 0 fully saturated rings. The zero-order valence-electron chi connectivity index (χ0n) is 14.4. The number of benzene rings is 1. The van der Waals surface area contributed by atoms with Crippen LogP contribution in [0.25, 0.3) is 5.57 Å². The number of halogens is 1. The SMILES string of the molecule is Cc1nnc(/C2=C/N/N=C\N=C(Oc3ccc([N+](=O)[O-])cc3F)CC2C)o1. The first-order valence-electron chi connectivity index (χ1n) is 7.90. The van der Waals surface area contributed by atoms with E-state index in [0.717, 1.165) is 12.1 Å². The lowest BCUT2D eigenvalue weighted by atomic mass is 9.98. The van der Waals surface area contributed by atoms with E-state index < -0.39 is 10.7 Å². The van der Waals surface area contributed by atoms with Crippen molar-refractivity contribution in [3.63, 3.8) is 0 Å². The monoisotopic (exact) mass is 374 g/mol. The van der Waals surface area contributed by atoms with E-state index >= 15 is 0 Å². The van der Waals surface area contributed by atoms with Crippen molar-refractivity contribution in [1.29, 1.82) is 0 Å². The van der Waals surface area contributed by atoms with E-state index in [1.165, 1.54) is 12.4 Å². The number of nitro benzene ring substituents is 1. The molecule has 3 rings (SSSR count). The number of nitrogens with one attached hydrogen (secondary N) is 1. The molecular formula is C16H15FN6O4. The van der Waals surface area contributed by atoms with Gasteiger partial charge in [-0.1, -0.05) is 6.92 Å². The molecule has 0 bridgehead atoms. The zero-order chi connectivity index (χ0) is 19.4. The number of nitro groups is 1. The lowest BCUT2D eigenvalue weighted by Gasteiger charge is -2.14. The highest BCUT2D eigenvalue weighted by Gasteiger charge is 2.22. The molecule has 27 heavy (non-hydrogen) atoms. The predicted octanol–water partition coefficient (Wildman–Crippen LogP) is 2.82. The van der Waals surface area contributed by atoms with Gasteiger partial charge in [-0.25, -0.2) is 9.38 Å². The predicted molar refractivity (Wildman–Crippen MR) is 93.5 cm³/mol. The highest BCUT2D eigenvalue weighted by atomic mass is 19.1. The molecule has 0 radical (unpaired) electrons.